The predicted octanol–water partition coefficient (Wildman–Crippen LogP) is 4.17. The Kier molecular flexibility index (Phi) is 5.38. The maximum Gasteiger partial charge on any atom is 0.275 e. The highest BCUT2D eigenvalue weighted by atomic mass is 32.1. The molecular weight excluding hydrogens is 348 g/mol. The van der Waals surface area contributed by atoms with Gasteiger partial charge < -0.3 is 10.6 Å². The molecule has 6 nitrogen and oxygen atoms in total. The second-order valence-electron chi connectivity index (χ2n) is 5.94. The quantitative estimate of drug-likeness (QED) is 0.710. The third-order valence-electron chi connectivity index (χ3n) is 3.75. The number of amides is 2. The van der Waals surface area contributed by atoms with Gasteiger partial charge in [-0.25, -0.2) is 4.98 Å². The molecule has 7 heteroatoms. The largest absolute Gasteiger partial charge is 0.321 e. The van der Waals surface area contributed by atoms with Crippen molar-refractivity contribution < 1.29 is 9.59 Å². The third kappa shape index (κ3) is 4.12. The first-order chi connectivity index (χ1) is 12.5. The van der Waals surface area contributed by atoms with Gasteiger partial charge in [-0.2, -0.15) is 0 Å². The number of hydrogen-bond acceptors (Lipinski definition) is 5. The van der Waals surface area contributed by atoms with Crippen molar-refractivity contribution in [3.05, 3.63) is 70.4 Å². The number of anilines is 2. The van der Waals surface area contributed by atoms with E-state index in [1.165, 1.54) is 35.5 Å². The number of aromatic nitrogens is 2. The number of nitrogens with zero attached hydrogens (tertiary/aromatic N) is 2. The molecule has 0 spiro atoms. The Balaban J connectivity index is 1.71. The van der Waals surface area contributed by atoms with Crippen LogP contribution in [0.4, 0.5) is 11.4 Å². The van der Waals surface area contributed by atoms with Gasteiger partial charge in [-0.05, 0) is 35.1 Å². The van der Waals surface area contributed by atoms with Crippen molar-refractivity contribution in [2.24, 2.45) is 0 Å². The van der Waals surface area contributed by atoms with Gasteiger partial charge in [-0.15, -0.1) is 11.3 Å². The van der Waals surface area contributed by atoms with Crippen molar-refractivity contribution in [1.82, 2.24) is 9.97 Å². The zero-order chi connectivity index (χ0) is 18.5. The molecule has 2 N–H and O–H groups in total. The van der Waals surface area contributed by atoms with Crippen LogP contribution in [0.2, 0.25) is 0 Å². The van der Waals surface area contributed by atoms with Crippen molar-refractivity contribution in [3.8, 4) is 0 Å². The number of carbonyl (C=O) groups is 2. The Hall–Kier alpha value is -3.06. The lowest BCUT2D eigenvalue weighted by Gasteiger charge is -2.09. The van der Waals surface area contributed by atoms with Crippen LogP contribution in [0, 0.1) is 0 Å². The van der Waals surface area contributed by atoms with Crippen LogP contribution in [-0.4, -0.2) is 21.8 Å². The summed E-state index contributed by atoms with van der Waals surface area (Å²) in [5, 5.41) is 7.31. The SMILES string of the molecule is CC(C)c1ccc(NC(=O)c2sccc2NC(=O)c2cnccn2)cc1. The molecular formula is C19H18N4O2S. The van der Waals surface area contributed by atoms with E-state index in [0.29, 0.717) is 22.2 Å². The maximum absolute atomic E-state index is 12.6. The molecule has 0 saturated heterocycles. The molecule has 0 saturated carbocycles. The summed E-state index contributed by atoms with van der Waals surface area (Å²) in [6.45, 7) is 4.23. The second-order valence-corrected chi connectivity index (χ2v) is 6.86. The molecule has 2 aromatic heterocycles. The molecule has 2 amide bonds. The molecule has 0 fully saturated rings. The van der Waals surface area contributed by atoms with Crippen LogP contribution < -0.4 is 10.6 Å². The third-order valence-corrected chi connectivity index (χ3v) is 4.66. The fourth-order valence-electron chi connectivity index (χ4n) is 2.33. The summed E-state index contributed by atoms with van der Waals surface area (Å²) in [4.78, 5) is 33.0. The highest BCUT2D eigenvalue weighted by molar-refractivity contribution is 7.12. The Morgan fingerprint density at radius 1 is 1.00 bits per heavy atom. The Labute approximate surface area is 155 Å². The standard InChI is InChI=1S/C19H18N4O2S/c1-12(2)13-3-5-14(6-4-13)22-19(25)17-15(7-10-26-17)23-18(24)16-11-20-8-9-21-16/h3-12H,1-2H3,(H,22,25)(H,23,24). The lowest BCUT2D eigenvalue weighted by Crippen LogP contribution is -2.17. The first-order valence-electron chi connectivity index (χ1n) is 8.11. The molecule has 0 aliphatic rings. The molecule has 3 rings (SSSR count). The number of rotatable bonds is 5. The van der Waals surface area contributed by atoms with Gasteiger partial charge in [0.15, 0.2) is 0 Å². The van der Waals surface area contributed by atoms with Crippen molar-refractivity contribution in [2.75, 3.05) is 10.6 Å². The van der Waals surface area contributed by atoms with Crippen molar-refractivity contribution in [3.63, 3.8) is 0 Å². The van der Waals surface area contributed by atoms with Gasteiger partial charge >= 0.3 is 0 Å². The molecule has 0 aliphatic carbocycles. The fraction of sp³-hybridized carbons (Fsp3) is 0.158. The van der Waals surface area contributed by atoms with E-state index in [-0.39, 0.29) is 11.6 Å². The smallest absolute Gasteiger partial charge is 0.275 e. The number of carbonyl (C=O) groups excluding carboxylic acids is 2. The van der Waals surface area contributed by atoms with Crippen LogP contribution in [0.3, 0.4) is 0 Å². The van der Waals surface area contributed by atoms with E-state index in [1.54, 1.807) is 11.4 Å². The van der Waals surface area contributed by atoms with Crippen molar-refractivity contribution in [1.29, 1.82) is 0 Å². The summed E-state index contributed by atoms with van der Waals surface area (Å²) >= 11 is 1.26. The van der Waals surface area contributed by atoms with Crippen LogP contribution >= 0.6 is 11.3 Å². The molecule has 1 aromatic carbocycles. The van der Waals surface area contributed by atoms with E-state index < -0.39 is 5.91 Å². The average molecular weight is 366 g/mol. The van der Waals surface area contributed by atoms with Crippen LogP contribution in [0.15, 0.2) is 54.3 Å². The minimum atomic E-state index is -0.410. The number of nitrogens with one attached hydrogen (secondary N) is 2. The first-order valence-corrected chi connectivity index (χ1v) is 8.98. The van der Waals surface area contributed by atoms with E-state index in [4.69, 9.17) is 0 Å². The van der Waals surface area contributed by atoms with E-state index >= 15 is 0 Å². The zero-order valence-electron chi connectivity index (χ0n) is 14.4. The van der Waals surface area contributed by atoms with Crippen molar-refractivity contribution >= 4 is 34.5 Å². The van der Waals surface area contributed by atoms with Gasteiger partial charge in [0.2, 0.25) is 0 Å². The molecule has 0 atom stereocenters. The minimum absolute atomic E-state index is 0.189. The summed E-state index contributed by atoms with van der Waals surface area (Å²) in [6, 6.07) is 9.42. The lowest BCUT2D eigenvalue weighted by atomic mass is 10.0. The molecule has 0 bridgehead atoms. The number of thiophene rings is 1. The van der Waals surface area contributed by atoms with E-state index in [1.807, 2.05) is 24.3 Å². The Morgan fingerprint density at radius 3 is 2.42 bits per heavy atom. The Bertz CT molecular complexity index is 905. The summed E-state index contributed by atoms with van der Waals surface area (Å²) in [7, 11) is 0. The van der Waals surface area contributed by atoms with Crippen LogP contribution in [0.1, 0.15) is 45.5 Å². The number of hydrogen-bond donors (Lipinski definition) is 2. The molecule has 132 valence electrons. The monoisotopic (exact) mass is 366 g/mol. The highest BCUT2D eigenvalue weighted by Gasteiger charge is 2.17. The van der Waals surface area contributed by atoms with Gasteiger partial charge in [0, 0.05) is 18.1 Å². The molecule has 0 radical (unpaired) electrons. The topological polar surface area (TPSA) is 84.0 Å². The molecule has 26 heavy (non-hydrogen) atoms. The van der Waals surface area contributed by atoms with Gasteiger partial charge in [-0.1, -0.05) is 26.0 Å². The molecule has 2 heterocycles. The Morgan fingerprint density at radius 2 is 1.77 bits per heavy atom. The molecule has 0 unspecified atom stereocenters. The van der Waals surface area contributed by atoms with Crippen LogP contribution in [-0.2, 0) is 0 Å². The summed E-state index contributed by atoms with van der Waals surface area (Å²) in [6.07, 6.45) is 4.31. The van der Waals surface area contributed by atoms with Crippen molar-refractivity contribution in [2.45, 2.75) is 19.8 Å². The summed E-state index contributed by atoms with van der Waals surface area (Å²) in [5.74, 6) is -0.251. The molecule has 3 aromatic rings. The normalized spacial score (nSPS) is 10.6. The highest BCUT2D eigenvalue weighted by Crippen LogP contribution is 2.25. The van der Waals surface area contributed by atoms with Gasteiger partial charge in [0.05, 0.1) is 11.9 Å². The lowest BCUT2D eigenvalue weighted by molar-refractivity contribution is 0.102. The van der Waals surface area contributed by atoms with E-state index in [0.717, 1.165) is 0 Å². The van der Waals surface area contributed by atoms with Crippen LogP contribution in [0.25, 0.3) is 0 Å². The predicted molar refractivity (Wildman–Crippen MR) is 103 cm³/mol. The van der Waals surface area contributed by atoms with Crippen LogP contribution in [0.5, 0.6) is 0 Å². The average Bonchev–Trinajstić information content (AvgIpc) is 3.11. The van der Waals surface area contributed by atoms with E-state index in [2.05, 4.69) is 34.4 Å². The first kappa shape index (κ1) is 17.8. The van der Waals surface area contributed by atoms with E-state index in [9.17, 15) is 9.59 Å². The summed E-state index contributed by atoms with van der Waals surface area (Å²) < 4.78 is 0. The second kappa shape index (κ2) is 7.88. The molecule has 0 aliphatic heterocycles. The minimum Gasteiger partial charge on any atom is -0.321 e. The van der Waals surface area contributed by atoms with Gasteiger partial charge in [0.25, 0.3) is 11.8 Å². The maximum atomic E-state index is 12.6. The number of benzene rings is 1. The fourth-order valence-corrected chi connectivity index (χ4v) is 3.07. The zero-order valence-corrected chi connectivity index (χ0v) is 15.2. The van der Waals surface area contributed by atoms with Gasteiger partial charge in [0.1, 0.15) is 10.6 Å². The van der Waals surface area contributed by atoms with Gasteiger partial charge in [-0.3, -0.25) is 14.6 Å². The summed E-state index contributed by atoms with van der Waals surface area (Å²) in [5.41, 5.74) is 2.55.